The molecule has 0 radical (unpaired) electrons. The fourth-order valence-corrected chi connectivity index (χ4v) is 3.97. The van der Waals surface area contributed by atoms with Crippen molar-refractivity contribution in [3.63, 3.8) is 0 Å². The minimum Gasteiger partial charge on any atom is -0.445 e. The van der Waals surface area contributed by atoms with Gasteiger partial charge < -0.3 is 4.74 Å². The number of ether oxygens (including phenoxy) is 1. The van der Waals surface area contributed by atoms with Crippen molar-refractivity contribution >= 4 is 11.7 Å². The molecule has 2 heterocycles. The molecule has 4 rings (SSSR count). The second-order valence-electron chi connectivity index (χ2n) is 6.86. The number of hydrogen-bond donors (Lipinski definition) is 0. The molecule has 0 N–H and O–H groups in total. The molecule has 0 aromatic heterocycles. The summed E-state index contributed by atoms with van der Waals surface area (Å²) in [5.41, 5.74) is 3.66. The Morgan fingerprint density at radius 1 is 1.00 bits per heavy atom. The van der Waals surface area contributed by atoms with Gasteiger partial charge in [-0.1, -0.05) is 66.7 Å². The zero-order valence-electron chi connectivity index (χ0n) is 14.3. The fourth-order valence-electron chi connectivity index (χ4n) is 3.97. The van der Waals surface area contributed by atoms with Crippen molar-refractivity contribution in [3.05, 3.63) is 77.9 Å². The van der Waals surface area contributed by atoms with Crippen LogP contribution in [0.1, 0.15) is 36.8 Å². The smallest absolute Gasteiger partial charge is 0.410 e. The summed E-state index contributed by atoms with van der Waals surface area (Å²) >= 11 is 0. The molecule has 0 saturated carbocycles. The Labute approximate surface area is 148 Å². The molecule has 1 fully saturated rings. The van der Waals surface area contributed by atoms with Gasteiger partial charge in [0.15, 0.2) is 0 Å². The third-order valence-corrected chi connectivity index (χ3v) is 5.20. The number of benzene rings is 2. The Hall–Kier alpha value is -2.55. The van der Waals surface area contributed by atoms with E-state index in [2.05, 4.69) is 30.3 Å². The van der Waals surface area contributed by atoms with Gasteiger partial charge >= 0.3 is 6.09 Å². The number of carbonyl (C=O) groups is 1. The monoisotopic (exact) mass is 333 g/mol. The van der Waals surface area contributed by atoms with Crippen molar-refractivity contribution < 1.29 is 9.53 Å². The molecule has 2 atom stereocenters. The zero-order chi connectivity index (χ0) is 17.1. The molecular weight excluding hydrogens is 310 g/mol. The summed E-state index contributed by atoms with van der Waals surface area (Å²) in [7, 11) is 0. The van der Waals surface area contributed by atoms with Crippen LogP contribution >= 0.6 is 0 Å². The van der Waals surface area contributed by atoms with Crippen molar-refractivity contribution in [1.29, 1.82) is 0 Å². The van der Waals surface area contributed by atoms with Gasteiger partial charge in [-0.05, 0) is 42.4 Å². The number of hydrogen-bond acceptors (Lipinski definition) is 2. The van der Waals surface area contributed by atoms with Crippen LogP contribution in [0.4, 0.5) is 4.79 Å². The predicted octanol–water partition coefficient (Wildman–Crippen LogP) is 5.03. The Morgan fingerprint density at radius 3 is 2.44 bits per heavy atom. The minimum atomic E-state index is -0.179. The molecule has 128 valence electrons. The summed E-state index contributed by atoms with van der Waals surface area (Å²) in [6.07, 6.45) is 6.27. The van der Waals surface area contributed by atoms with E-state index in [4.69, 9.17) is 4.74 Å². The van der Waals surface area contributed by atoms with Crippen LogP contribution in [-0.2, 0) is 11.3 Å². The lowest BCUT2D eigenvalue weighted by Crippen LogP contribution is -2.51. The van der Waals surface area contributed by atoms with Crippen molar-refractivity contribution in [3.8, 4) is 0 Å². The Morgan fingerprint density at radius 2 is 1.72 bits per heavy atom. The number of nitrogens with zero attached hydrogens (tertiary/aromatic N) is 1. The molecule has 2 bridgehead atoms. The summed E-state index contributed by atoms with van der Waals surface area (Å²) < 4.78 is 5.60. The Balaban J connectivity index is 1.49. The number of rotatable bonds is 3. The van der Waals surface area contributed by atoms with Crippen molar-refractivity contribution in [1.82, 2.24) is 4.90 Å². The van der Waals surface area contributed by atoms with Crippen LogP contribution < -0.4 is 0 Å². The number of carbonyl (C=O) groups excluding carboxylic acids is 1. The van der Waals surface area contributed by atoms with E-state index in [1.807, 2.05) is 41.3 Å². The van der Waals surface area contributed by atoms with Gasteiger partial charge in [0.25, 0.3) is 0 Å². The summed E-state index contributed by atoms with van der Waals surface area (Å²) in [5, 5.41) is 0. The van der Waals surface area contributed by atoms with Crippen LogP contribution in [-0.4, -0.2) is 23.1 Å². The van der Waals surface area contributed by atoms with Gasteiger partial charge in [-0.3, -0.25) is 4.90 Å². The highest BCUT2D eigenvalue weighted by Gasteiger charge is 2.38. The first kappa shape index (κ1) is 15.9. The van der Waals surface area contributed by atoms with E-state index in [-0.39, 0.29) is 18.2 Å². The van der Waals surface area contributed by atoms with E-state index in [1.165, 1.54) is 17.6 Å². The molecule has 25 heavy (non-hydrogen) atoms. The second kappa shape index (κ2) is 7.14. The zero-order valence-corrected chi connectivity index (χ0v) is 14.3. The standard InChI is InChI=1S/C22H23NO2/c24-22(25-16-17-8-3-1-4-9-17)23-20-12-7-13-21(23)15-19(14-20)18-10-5-2-6-11-18/h1-6,8-11,14,20-21H,7,12-13,15-16H2. The van der Waals surface area contributed by atoms with E-state index >= 15 is 0 Å². The predicted molar refractivity (Wildman–Crippen MR) is 98.9 cm³/mol. The van der Waals surface area contributed by atoms with Crippen molar-refractivity contribution in [2.24, 2.45) is 0 Å². The highest BCUT2D eigenvalue weighted by Crippen LogP contribution is 2.37. The molecule has 2 aliphatic heterocycles. The minimum absolute atomic E-state index is 0.158. The van der Waals surface area contributed by atoms with Gasteiger partial charge in [0.2, 0.25) is 0 Å². The van der Waals surface area contributed by atoms with E-state index in [9.17, 15) is 4.79 Å². The maximum atomic E-state index is 12.7. The van der Waals surface area contributed by atoms with Gasteiger partial charge in [0.05, 0.1) is 6.04 Å². The molecule has 0 spiro atoms. The lowest BCUT2D eigenvalue weighted by Gasteiger charge is -2.44. The molecule has 2 aromatic rings. The van der Waals surface area contributed by atoms with Crippen molar-refractivity contribution in [2.75, 3.05) is 0 Å². The molecule has 2 unspecified atom stereocenters. The largest absolute Gasteiger partial charge is 0.445 e. The third kappa shape index (κ3) is 3.46. The van der Waals surface area contributed by atoms with E-state index in [0.29, 0.717) is 6.61 Å². The highest BCUT2D eigenvalue weighted by atomic mass is 16.6. The second-order valence-corrected chi connectivity index (χ2v) is 6.86. The molecule has 2 aliphatic rings. The van der Waals surface area contributed by atoms with Crippen LogP contribution in [0.5, 0.6) is 0 Å². The Bertz CT molecular complexity index is 754. The van der Waals surface area contributed by atoms with Gasteiger partial charge in [-0.2, -0.15) is 0 Å². The third-order valence-electron chi connectivity index (χ3n) is 5.20. The summed E-state index contributed by atoms with van der Waals surface area (Å²) in [4.78, 5) is 14.7. The Kier molecular flexibility index (Phi) is 4.55. The van der Waals surface area contributed by atoms with E-state index in [1.54, 1.807) is 0 Å². The normalized spacial score (nSPS) is 22.2. The number of piperidine rings is 1. The molecule has 3 heteroatoms. The highest BCUT2D eigenvalue weighted by molar-refractivity contribution is 5.74. The van der Waals surface area contributed by atoms with E-state index < -0.39 is 0 Å². The number of fused-ring (bicyclic) bond motifs is 2. The lowest BCUT2D eigenvalue weighted by atomic mass is 9.83. The molecule has 3 nitrogen and oxygen atoms in total. The van der Waals surface area contributed by atoms with Crippen molar-refractivity contribution in [2.45, 2.75) is 44.4 Å². The molecule has 2 aromatic carbocycles. The molecule has 0 aliphatic carbocycles. The first-order valence-corrected chi connectivity index (χ1v) is 9.06. The molecule has 1 amide bonds. The first-order valence-electron chi connectivity index (χ1n) is 9.06. The molecular formula is C22H23NO2. The lowest BCUT2D eigenvalue weighted by molar-refractivity contribution is 0.0510. The number of amides is 1. The van der Waals surface area contributed by atoms with E-state index in [0.717, 1.165) is 24.8 Å². The van der Waals surface area contributed by atoms with Gasteiger partial charge in [-0.15, -0.1) is 0 Å². The van der Waals surface area contributed by atoms with Crippen LogP contribution in [0.15, 0.2) is 66.7 Å². The average Bonchev–Trinajstić information content (AvgIpc) is 2.66. The van der Waals surface area contributed by atoms with Gasteiger partial charge in [0, 0.05) is 6.04 Å². The first-order chi connectivity index (χ1) is 12.3. The molecule has 1 saturated heterocycles. The van der Waals surface area contributed by atoms with Crippen LogP contribution in [0.25, 0.3) is 5.57 Å². The topological polar surface area (TPSA) is 29.5 Å². The van der Waals surface area contributed by atoms with Gasteiger partial charge in [-0.25, -0.2) is 4.79 Å². The maximum absolute atomic E-state index is 12.7. The summed E-state index contributed by atoms with van der Waals surface area (Å²) in [6, 6.07) is 20.8. The van der Waals surface area contributed by atoms with Crippen LogP contribution in [0.2, 0.25) is 0 Å². The van der Waals surface area contributed by atoms with Crippen LogP contribution in [0, 0.1) is 0 Å². The average molecular weight is 333 g/mol. The SMILES string of the molecule is O=C(OCc1ccccc1)N1C2C=C(c3ccccc3)CC1CCC2. The van der Waals surface area contributed by atoms with Gasteiger partial charge in [0.1, 0.15) is 6.61 Å². The van der Waals surface area contributed by atoms with Crippen LogP contribution in [0.3, 0.4) is 0 Å². The summed E-state index contributed by atoms with van der Waals surface area (Å²) in [5.74, 6) is 0. The fraction of sp³-hybridized carbons (Fsp3) is 0.318. The maximum Gasteiger partial charge on any atom is 0.410 e. The quantitative estimate of drug-likeness (QED) is 0.788. The summed E-state index contributed by atoms with van der Waals surface area (Å²) in [6.45, 7) is 0.338.